The van der Waals surface area contributed by atoms with Gasteiger partial charge in [0.15, 0.2) is 0 Å². The van der Waals surface area contributed by atoms with Crippen molar-refractivity contribution < 1.29 is 22.5 Å². The van der Waals surface area contributed by atoms with Gasteiger partial charge in [0, 0.05) is 44.3 Å². The van der Waals surface area contributed by atoms with Crippen molar-refractivity contribution in [2.45, 2.75) is 19.8 Å². The second-order valence-corrected chi connectivity index (χ2v) is 9.44. The zero-order valence-electron chi connectivity index (χ0n) is 18.7. The van der Waals surface area contributed by atoms with Crippen LogP contribution in [0.25, 0.3) is 11.3 Å². The molecule has 1 aromatic heterocycles. The molecule has 0 unspecified atom stereocenters. The Morgan fingerprint density at radius 3 is 2.48 bits per heavy atom. The van der Waals surface area contributed by atoms with Crippen LogP contribution >= 0.6 is 0 Å². The number of carbonyl (C=O) groups is 2. The molecule has 3 aromatic rings. The fourth-order valence-electron chi connectivity index (χ4n) is 3.26. The SMILES string of the molecule is CC(=O)Nc1ccc(NS(C)(=O)=O)c(C(=O)N(C)CCCc2cc(-c3ccccc3)no2)c1. The first-order valence-electron chi connectivity index (χ1n) is 10.3. The Kier molecular flexibility index (Phi) is 7.49. The normalized spacial score (nSPS) is 11.1. The Morgan fingerprint density at radius 1 is 1.09 bits per heavy atom. The van der Waals surface area contributed by atoms with Gasteiger partial charge in [-0.3, -0.25) is 14.3 Å². The van der Waals surface area contributed by atoms with Gasteiger partial charge in [-0.1, -0.05) is 35.5 Å². The highest BCUT2D eigenvalue weighted by Gasteiger charge is 2.19. The monoisotopic (exact) mass is 470 g/mol. The number of hydrogen-bond donors (Lipinski definition) is 2. The number of nitrogens with zero attached hydrogens (tertiary/aromatic N) is 2. The zero-order valence-corrected chi connectivity index (χ0v) is 19.5. The molecule has 33 heavy (non-hydrogen) atoms. The van der Waals surface area contributed by atoms with Crippen LogP contribution < -0.4 is 10.0 Å². The fourth-order valence-corrected chi connectivity index (χ4v) is 3.84. The summed E-state index contributed by atoms with van der Waals surface area (Å²) in [6.07, 6.45) is 2.21. The molecule has 0 spiro atoms. The van der Waals surface area contributed by atoms with E-state index in [-0.39, 0.29) is 23.1 Å². The molecule has 3 rings (SSSR count). The Hall–Kier alpha value is -3.66. The zero-order chi connectivity index (χ0) is 24.0. The summed E-state index contributed by atoms with van der Waals surface area (Å²) in [4.78, 5) is 25.9. The maximum atomic E-state index is 13.1. The van der Waals surface area contributed by atoms with Crippen molar-refractivity contribution in [3.63, 3.8) is 0 Å². The summed E-state index contributed by atoms with van der Waals surface area (Å²) in [7, 11) is -1.96. The van der Waals surface area contributed by atoms with Crippen LogP contribution in [0.3, 0.4) is 0 Å². The summed E-state index contributed by atoms with van der Waals surface area (Å²) in [5.74, 6) is 0.0326. The van der Waals surface area contributed by atoms with Crippen molar-refractivity contribution in [2.75, 3.05) is 29.9 Å². The highest BCUT2D eigenvalue weighted by molar-refractivity contribution is 7.92. The van der Waals surface area contributed by atoms with E-state index in [0.717, 1.165) is 17.5 Å². The molecule has 10 heteroatoms. The third kappa shape index (κ3) is 6.91. The van der Waals surface area contributed by atoms with Gasteiger partial charge in [-0.2, -0.15) is 0 Å². The largest absolute Gasteiger partial charge is 0.361 e. The summed E-state index contributed by atoms with van der Waals surface area (Å²) >= 11 is 0. The summed E-state index contributed by atoms with van der Waals surface area (Å²) in [5.41, 5.74) is 2.39. The fraction of sp³-hybridized carbons (Fsp3) is 0.261. The third-order valence-corrected chi connectivity index (χ3v) is 5.35. The highest BCUT2D eigenvalue weighted by Crippen LogP contribution is 2.24. The number of aromatic nitrogens is 1. The summed E-state index contributed by atoms with van der Waals surface area (Å²) in [5, 5.41) is 6.69. The standard InChI is InChI=1S/C23H26N4O5S/c1-16(28)24-18-11-12-21(26-33(3,30)31)20(14-18)23(29)27(2)13-7-10-19-15-22(25-32-19)17-8-5-4-6-9-17/h4-6,8-9,11-12,14-15,26H,7,10,13H2,1-3H3,(H,24,28). The Morgan fingerprint density at radius 2 is 1.82 bits per heavy atom. The number of aryl methyl sites for hydroxylation is 1. The van der Waals surface area contributed by atoms with Crippen LogP contribution in [0.1, 0.15) is 29.5 Å². The second kappa shape index (κ2) is 10.3. The third-order valence-electron chi connectivity index (χ3n) is 4.76. The minimum atomic E-state index is -3.60. The first-order valence-corrected chi connectivity index (χ1v) is 12.2. The number of anilines is 2. The number of hydrogen-bond acceptors (Lipinski definition) is 6. The van der Waals surface area contributed by atoms with Gasteiger partial charge in [-0.25, -0.2) is 8.42 Å². The lowest BCUT2D eigenvalue weighted by atomic mass is 10.1. The van der Waals surface area contributed by atoms with Gasteiger partial charge >= 0.3 is 0 Å². The number of carbonyl (C=O) groups excluding carboxylic acids is 2. The van der Waals surface area contributed by atoms with Crippen LogP contribution in [-0.4, -0.2) is 50.1 Å². The molecule has 1 heterocycles. The molecule has 174 valence electrons. The van der Waals surface area contributed by atoms with Crippen molar-refractivity contribution in [2.24, 2.45) is 0 Å². The molecule has 0 saturated carbocycles. The molecule has 0 radical (unpaired) electrons. The van der Waals surface area contributed by atoms with Gasteiger partial charge in [0.1, 0.15) is 11.5 Å². The van der Waals surface area contributed by atoms with Crippen LogP contribution in [0.4, 0.5) is 11.4 Å². The molecule has 0 bridgehead atoms. The molecule has 0 aliphatic rings. The molecule has 0 aliphatic heterocycles. The lowest BCUT2D eigenvalue weighted by molar-refractivity contribution is -0.114. The van der Waals surface area contributed by atoms with Gasteiger partial charge in [0.25, 0.3) is 5.91 Å². The van der Waals surface area contributed by atoms with Gasteiger partial charge < -0.3 is 14.7 Å². The topological polar surface area (TPSA) is 122 Å². The molecule has 0 saturated heterocycles. The first kappa shape index (κ1) is 24.0. The molecular formula is C23H26N4O5S. The molecule has 0 fully saturated rings. The number of rotatable bonds is 9. The van der Waals surface area contributed by atoms with Gasteiger partial charge in [0.2, 0.25) is 15.9 Å². The smallest absolute Gasteiger partial charge is 0.255 e. The summed E-state index contributed by atoms with van der Waals surface area (Å²) < 4.78 is 31.2. The predicted molar refractivity (Wildman–Crippen MR) is 126 cm³/mol. The molecule has 0 aliphatic carbocycles. The Bertz CT molecular complexity index is 1240. The van der Waals surface area contributed by atoms with Crippen LogP contribution in [0.15, 0.2) is 59.1 Å². The highest BCUT2D eigenvalue weighted by atomic mass is 32.2. The minimum absolute atomic E-state index is 0.139. The number of sulfonamides is 1. The van der Waals surface area contributed by atoms with E-state index in [4.69, 9.17) is 4.52 Å². The molecule has 2 amide bonds. The van der Waals surface area contributed by atoms with Crippen LogP contribution in [0.5, 0.6) is 0 Å². The molecule has 2 aromatic carbocycles. The number of nitrogens with one attached hydrogen (secondary N) is 2. The van der Waals surface area contributed by atoms with E-state index in [1.807, 2.05) is 36.4 Å². The van der Waals surface area contributed by atoms with Gasteiger partial charge in [-0.15, -0.1) is 0 Å². The van der Waals surface area contributed by atoms with Gasteiger partial charge in [-0.05, 0) is 24.6 Å². The average Bonchev–Trinajstić information content (AvgIpc) is 3.22. The summed E-state index contributed by atoms with van der Waals surface area (Å²) in [6, 6.07) is 16.0. The predicted octanol–water partition coefficient (Wildman–Crippen LogP) is 3.38. The molecule has 0 atom stereocenters. The van der Waals surface area contributed by atoms with Crippen molar-refractivity contribution in [3.05, 3.63) is 65.9 Å². The van der Waals surface area contributed by atoms with Crippen molar-refractivity contribution in [1.82, 2.24) is 10.1 Å². The number of amides is 2. The summed E-state index contributed by atoms with van der Waals surface area (Å²) in [6.45, 7) is 1.76. The van der Waals surface area contributed by atoms with Crippen molar-refractivity contribution in [1.29, 1.82) is 0 Å². The lowest BCUT2D eigenvalue weighted by Crippen LogP contribution is -2.29. The minimum Gasteiger partial charge on any atom is -0.361 e. The maximum absolute atomic E-state index is 13.1. The van der Waals surface area contributed by atoms with Crippen LogP contribution in [-0.2, 0) is 21.2 Å². The molecular weight excluding hydrogens is 444 g/mol. The van der Waals surface area contributed by atoms with Gasteiger partial charge in [0.05, 0.1) is 17.5 Å². The van der Waals surface area contributed by atoms with E-state index >= 15 is 0 Å². The van der Waals surface area contributed by atoms with Crippen molar-refractivity contribution >= 4 is 33.2 Å². The van der Waals surface area contributed by atoms with E-state index in [2.05, 4.69) is 15.2 Å². The first-order chi connectivity index (χ1) is 15.6. The van der Waals surface area contributed by atoms with E-state index in [0.29, 0.717) is 30.8 Å². The van der Waals surface area contributed by atoms with E-state index in [1.165, 1.54) is 30.0 Å². The average molecular weight is 471 g/mol. The Labute approximate surface area is 192 Å². The molecule has 9 nitrogen and oxygen atoms in total. The Balaban J connectivity index is 1.67. The quantitative estimate of drug-likeness (QED) is 0.494. The van der Waals surface area contributed by atoms with Crippen LogP contribution in [0, 0.1) is 0 Å². The maximum Gasteiger partial charge on any atom is 0.255 e. The lowest BCUT2D eigenvalue weighted by Gasteiger charge is -2.20. The van der Waals surface area contributed by atoms with Crippen LogP contribution in [0.2, 0.25) is 0 Å². The second-order valence-electron chi connectivity index (χ2n) is 7.69. The van der Waals surface area contributed by atoms with E-state index in [1.54, 1.807) is 7.05 Å². The van der Waals surface area contributed by atoms with E-state index < -0.39 is 10.0 Å². The molecule has 2 N–H and O–H groups in total. The van der Waals surface area contributed by atoms with Crippen molar-refractivity contribution in [3.8, 4) is 11.3 Å². The van der Waals surface area contributed by atoms with E-state index in [9.17, 15) is 18.0 Å². The number of benzene rings is 2.